The molecule has 0 saturated heterocycles. The summed E-state index contributed by atoms with van der Waals surface area (Å²) in [6.07, 6.45) is 3.97. The van der Waals surface area contributed by atoms with Crippen molar-refractivity contribution in [3.63, 3.8) is 0 Å². The Bertz CT molecular complexity index is 588. The second kappa shape index (κ2) is 4.72. The topological polar surface area (TPSA) is 38.1 Å². The van der Waals surface area contributed by atoms with Gasteiger partial charge in [0.1, 0.15) is 12.0 Å². The number of rotatable bonds is 2. The quantitative estimate of drug-likeness (QED) is 0.886. The number of nitrogens with one attached hydrogen (secondary N) is 1. The van der Waals surface area contributed by atoms with E-state index in [1.165, 1.54) is 16.7 Å². The largest absolute Gasteiger partial charge is 0.384 e. The summed E-state index contributed by atoms with van der Waals surface area (Å²) in [5.74, 6) is 0.928. The Labute approximate surface area is 114 Å². The summed E-state index contributed by atoms with van der Waals surface area (Å²) < 4.78 is 5.14. The van der Waals surface area contributed by atoms with Crippen LogP contribution in [0, 0.1) is 6.92 Å². The van der Waals surface area contributed by atoms with Gasteiger partial charge in [-0.15, -0.1) is 0 Å². The molecule has 3 rings (SSSR count). The Kier molecular flexibility index (Phi) is 3.05. The Morgan fingerprint density at radius 2 is 2.21 bits per heavy atom. The van der Waals surface area contributed by atoms with Crippen molar-refractivity contribution < 1.29 is 4.52 Å². The summed E-state index contributed by atoms with van der Waals surface area (Å²) in [5, 5.41) is 7.40. The molecule has 1 heterocycles. The number of fused-ring (bicyclic) bond motifs is 1. The third kappa shape index (κ3) is 1.93. The van der Waals surface area contributed by atoms with E-state index in [9.17, 15) is 0 Å². The maximum atomic E-state index is 5.14. The molecule has 3 heteroatoms. The second-order valence-electron chi connectivity index (χ2n) is 5.45. The van der Waals surface area contributed by atoms with E-state index in [0.717, 1.165) is 24.2 Å². The molecule has 0 bridgehead atoms. The van der Waals surface area contributed by atoms with Gasteiger partial charge in [-0.05, 0) is 42.4 Å². The van der Waals surface area contributed by atoms with Crippen molar-refractivity contribution in [2.45, 2.75) is 38.5 Å². The van der Waals surface area contributed by atoms with Gasteiger partial charge in [0.25, 0.3) is 0 Å². The zero-order chi connectivity index (χ0) is 13.4. The minimum absolute atomic E-state index is 0.440. The Balaban J connectivity index is 2.02. The fraction of sp³-hybridized carbons (Fsp3) is 0.438. The minimum atomic E-state index is 0.440. The standard InChI is InChI=1S/C16H20N2O/c1-10-5-4-6-12-7-8-13(11(2)15(10)12)16-14(17-3)9-19-18-16/h4-6,9,11,13,17H,7-8H2,1-3H3. The zero-order valence-corrected chi connectivity index (χ0v) is 11.7. The van der Waals surface area contributed by atoms with Crippen molar-refractivity contribution in [1.29, 1.82) is 0 Å². The first-order valence-electron chi connectivity index (χ1n) is 6.92. The summed E-state index contributed by atoms with van der Waals surface area (Å²) in [6.45, 7) is 4.52. The van der Waals surface area contributed by atoms with Gasteiger partial charge >= 0.3 is 0 Å². The number of hydrogen-bond acceptors (Lipinski definition) is 3. The molecular weight excluding hydrogens is 236 g/mol. The molecule has 2 atom stereocenters. The van der Waals surface area contributed by atoms with Crippen molar-refractivity contribution in [1.82, 2.24) is 5.16 Å². The highest BCUT2D eigenvalue weighted by molar-refractivity contribution is 5.49. The molecular formula is C16H20N2O. The molecule has 1 N–H and O–H groups in total. The molecule has 1 aliphatic rings. The molecule has 3 nitrogen and oxygen atoms in total. The van der Waals surface area contributed by atoms with Crippen LogP contribution in [0.3, 0.4) is 0 Å². The Morgan fingerprint density at radius 1 is 1.37 bits per heavy atom. The Hall–Kier alpha value is -1.77. The van der Waals surface area contributed by atoms with E-state index >= 15 is 0 Å². The summed E-state index contributed by atoms with van der Waals surface area (Å²) in [4.78, 5) is 0. The van der Waals surface area contributed by atoms with Gasteiger partial charge in [0.2, 0.25) is 0 Å². The average Bonchev–Trinajstić information content (AvgIpc) is 2.87. The molecule has 0 radical (unpaired) electrons. The highest BCUT2D eigenvalue weighted by Gasteiger charge is 2.31. The molecule has 0 amide bonds. The zero-order valence-electron chi connectivity index (χ0n) is 11.7. The first-order valence-corrected chi connectivity index (χ1v) is 6.92. The maximum Gasteiger partial charge on any atom is 0.147 e. The van der Waals surface area contributed by atoms with Crippen LogP contribution in [-0.2, 0) is 6.42 Å². The first kappa shape index (κ1) is 12.3. The van der Waals surface area contributed by atoms with Gasteiger partial charge in [-0.25, -0.2) is 0 Å². The lowest BCUT2D eigenvalue weighted by molar-refractivity contribution is 0.389. The van der Waals surface area contributed by atoms with Crippen LogP contribution in [0.2, 0.25) is 0 Å². The lowest BCUT2D eigenvalue weighted by atomic mass is 9.73. The molecule has 100 valence electrons. The molecule has 0 spiro atoms. The predicted molar refractivity (Wildman–Crippen MR) is 76.7 cm³/mol. The van der Waals surface area contributed by atoms with Crippen LogP contribution >= 0.6 is 0 Å². The molecule has 0 fully saturated rings. The van der Waals surface area contributed by atoms with Crippen LogP contribution in [0.5, 0.6) is 0 Å². The van der Waals surface area contributed by atoms with Crippen LogP contribution in [-0.4, -0.2) is 12.2 Å². The van der Waals surface area contributed by atoms with Crippen LogP contribution in [0.25, 0.3) is 0 Å². The highest BCUT2D eigenvalue weighted by atomic mass is 16.5. The van der Waals surface area contributed by atoms with Crippen molar-refractivity contribution in [3.05, 3.63) is 46.8 Å². The summed E-state index contributed by atoms with van der Waals surface area (Å²) in [5.41, 5.74) is 6.49. The molecule has 2 aromatic rings. The number of benzene rings is 1. The van der Waals surface area contributed by atoms with Gasteiger partial charge < -0.3 is 9.84 Å². The predicted octanol–water partition coefficient (Wildman–Crippen LogP) is 3.86. The number of anilines is 1. The number of aromatic nitrogens is 1. The van der Waals surface area contributed by atoms with Gasteiger partial charge in [-0.1, -0.05) is 30.3 Å². The monoisotopic (exact) mass is 256 g/mol. The van der Waals surface area contributed by atoms with E-state index < -0.39 is 0 Å². The fourth-order valence-electron chi connectivity index (χ4n) is 3.45. The van der Waals surface area contributed by atoms with Crippen LogP contribution in [0.15, 0.2) is 29.0 Å². The van der Waals surface area contributed by atoms with Crippen LogP contribution in [0.1, 0.15) is 47.6 Å². The molecule has 1 aliphatic carbocycles. The van der Waals surface area contributed by atoms with Gasteiger partial charge in [0.05, 0.1) is 5.69 Å². The van der Waals surface area contributed by atoms with E-state index in [-0.39, 0.29) is 0 Å². The normalized spacial score (nSPS) is 22.1. The molecule has 1 aromatic heterocycles. The van der Waals surface area contributed by atoms with Gasteiger partial charge in [0.15, 0.2) is 0 Å². The van der Waals surface area contributed by atoms with E-state index in [4.69, 9.17) is 4.52 Å². The van der Waals surface area contributed by atoms with Crippen molar-refractivity contribution >= 4 is 5.69 Å². The lowest BCUT2D eigenvalue weighted by Crippen LogP contribution is -2.19. The Morgan fingerprint density at radius 3 is 3.00 bits per heavy atom. The highest BCUT2D eigenvalue weighted by Crippen LogP contribution is 2.44. The van der Waals surface area contributed by atoms with Crippen LogP contribution in [0.4, 0.5) is 5.69 Å². The second-order valence-corrected chi connectivity index (χ2v) is 5.45. The third-order valence-electron chi connectivity index (χ3n) is 4.42. The van der Waals surface area contributed by atoms with E-state index in [0.29, 0.717) is 11.8 Å². The smallest absolute Gasteiger partial charge is 0.147 e. The lowest BCUT2D eigenvalue weighted by Gasteiger charge is -2.31. The molecule has 1 aromatic carbocycles. The minimum Gasteiger partial charge on any atom is -0.384 e. The average molecular weight is 256 g/mol. The van der Waals surface area contributed by atoms with Gasteiger partial charge in [-0.2, -0.15) is 0 Å². The number of aryl methyl sites for hydroxylation is 2. The van der Waals surface area contributed by atoms with Crippen molar-refractivity contribution in [3.8, 4) is 0 Å². The van der Waals surface area contributed by atoms with E-state index in [2.05, 4.69) is 42.5 Å². The number of nitrogens with zero attached hydrogens (tertiary/aromatic N) is 1. The summed E-state index contributed by atoms with van der Waals surface area (Å²) >= 11 is 0. The van der Waals surface area contributed by atoms with Crippen LogP contribution < -0.4 is 5.32 Å². The first-order chi connectivity index (χ1) is 9.22. The summed E-state index contributed by atoms with van der Waals surface area (Å²) in [6, 6.07) is 6.63. The maximum absolute atomic E-state index is 5.14. The third-order valence-corrected chi connectivity index (χ3v) is 4.42. The van der Waals surface area contributed by atoms with E-state index in [1.807, 2.05) is 7.05 Å². The SMILES string of the molecule is CNc1conc1C1CCc2cccc(C)c2C1C. The van der Waals surface area contributed by atoms with Gasteiger partial charge in [0, 0.05) is 13.0 Å². The van der Waals surface area contributed by atoms with Crippen molar-refractivity contribution in [2.24, 2.45) is 0 Å². The molecule has 19 heavy (non-hydrogen) atoms. The number of hydrogen-bond donors (Lipinski definition) is 1. The summed E-state index contributed by atoms with van der Waals surface area (Å²) in [7, 11) is 1.92. The molecule has 0 aliphatic heterocycles. The van der Waals surface area contributed by atoms with Gasteiger partial charge in [-0.3, -0.25) is 0 Å². The van der Waals surface area contributed by atoms with Crippen molar-refractivity contribution in [2.75, 3.05) is 12.4 Å². The molecule has 2 unspecified atom stereocenters. The molecule has 0 saturated carbocycles. The fourth-order valence-corrected chi connectivity index (χ4v) is 3.45. The van der Waals surface area contributed by atoms with E-state index in [1.54, 1.807) is 6.26 Å².